The lowest BCUT2D eigenvalue weighted by molar-refractivity contribution is -0.121. The van der Waals surface area contributed by atoms with Crippen molar-refractivity contribution in [2.75, 3.05) is 24.5 Å². The van der Waals surface area contributed by atoms with Crippen molar-refractivity contribution in [2.45, 2.75) is 19.3 Å². The molecule has 1 saturated carbocycles. The van der Waals surface area contributed by atoms with Crippen molar-refractivity contribution in [3.8, 4) is 0 Å². The Balaban J connectivity index is 1.16. The zero-order valence-electron chi connectivity index (χ0n) is 14.8. The maximum atomic E-state index is 13.9. The molecule has 0 radical (unpaired) electrons. The van der Waals surface area contributed by atoms with Crippen molar-refractivity contribution in [1.82, 2.24) is 20.3 Å². The maximum absolute atomic E-state index is 13.9. The summed E-state index contributed by atoms with van der Waals surface area (Å²) in [7, 11) is 0. The van der Waals surface area contributed by atoms with Crippen LogP contribution >= 0.6 is 11.6 Å². The Kier molecular flexibility index (Phi) is 5.20. The molecule has 6 nitrogen and oxygen atoms in total. The van der Waals surface area contributed by atoms with Gasteiger partial charge in [0.2, 0.25) is 11.2 Å². The number of rotatable bonds is 7. The van der Waals surface area contributed by atoms with Gasteiger partial charge in [0, 0.05) is 38.4 Å². The molecule has 142 valence electrons. The number of nitrogens with zero attached hydrogens (tertiary/aromatic N) is 4. The minimum absolute atomic E-state index is 0.0671. The Morgan fingerprint density at radius 3 is 2.89 bits per heavy atom. The van der Waals surface area contributed by atoms with Gasteiger partial charge >= 0.3 is 0 Å². The van der Waals surface area contributed by atoms with Crippen LogP contribution in [0.15, 0.2) is 30.7 Å². The number of carbonyl (C=O) groups is 1. The minimum Gasteiger partial charge on any atom is -0.356 e. The number of amides is 1. The summed E-state index contributed by atoms with van der Waals surface area (Å²) >= 11 is 5.78. The first-order chi connectivity index (χ1) is 13.1. The van der Waals surface area contributed by atoms with Gasteiger partial charge in [-0.2, -0.15) is 4.98 Å². The number of aromatic nitrogens is 3. The fourth-order valence-corrected chi connectivity index (χ4v) is 4.21. The number of halogens is 2. The normalized spacial score (nSPS) is 23.2. The average molecular weight is 390 g/mol. The molecule has 2 fully saturated rings. The lowest BCUT2D eigenvalue weighted by Crippen LogP contribution is -2.28. The molecule has 4 rings (SSSR count). The molecule has 0 aromatic carbocycles. The van der Waals surface area contributed by atoms with Gasteiger partial charge in [0.05, 0.1) is 6.20 Å². The molecule has 2 aromatic heterocycles. The van der Waals surface area contributed by atoms with Crippen LogP contribution in [0.3, 0.4) is 0 Å². The Morgan fingerprint density at radius 1 is 1.33 bits per heavy atom. The molecule has 1 amide bonds. The minimum atomic E-state index is -0.432. The van der Waals surface area contributed by atoms with Crippen LogP contribution in [-0.4, -0.2) is 40.5 Å². The average Bonchev–Trinajstić information content (AvgIpc) is 3.12. The Morgan fingerprint density at radius 2 is 2.15 bits per heavy atom. The fraction of sp³-hybridized carbons (Fsp3) is 0.474. The van der Waals surface area contributed by atoms with Gasteiger partial charge in [0.15, 0.2) is 11.6 Å². The summed E-state index contributed by atoms with van der Waals surface area (Å²) in [5.74, 6) is 1.63. The van der Waals surface area contributed by atoms with Gasteiger partial charge in [0.1, 0.15) is 0 Å². The Bertz CT molecular complexity index is 809. The molecule has 1 saturated heterocycles. The smallest absolute Gasteiger partial charge is 0.224 e. The van der Waals surface area contributed by atoms with Gasteiger partial charge in [-0.25, -0.2) is 9.37 Å². The van der Waals surface area contributed by atoms with Gasteiger partial charge in [-0.1, -0.05) is 6.07 Å². The third kappa shape index (κ3) is 4.18. The number of pyridine rings is 1. The first kappa shape index (κ1) is 18.1. The summed E-state index contributed by atoms with van der Waals surface area (Å²) in [5, 5.41) is 3.07. The van der Waals surface area contributed by atoms with Crippen LogP contribution in [0, 0.1) is 23.6 Å². The predicted octanol–water partition coefficient (Wildman–Crippen LogP) is 2.49. The molecule has 1 unspecified atom stereocenters. The second-order valence-corrected chi connectivity index (χ2v) is 7.55. The predicted molar refractivity (Wildman–Crippen MR) is 99.9 cm³/mol. The van der Waals surface area contributed by atoms with Gasteiger partial charge in [-0.3, -0.25) is 9.78 Å². The fourth-order valence-electron chi connectivity index (χ4n) is 4.08. The number of piperidine rings is 1. The molecule has 0 bridgehead atoms. The quantitative estimate of drug-likeness (QED) is 0.737. The van der Waals surface area contributed by atoms with Crippen molar-refractivity contribution in [3.63, 3.8) is 0 Å². The van der Waals surface area contributed by atoms with Gasteiger partial charge in [-0.05, 0) is 53.8 Å². The van der Waals surface area contributed by atoms with Crippen LogP contribution < -0.4 is 10.2 Å². The van der Waals surface area contributed by atoms with E-state index in [4.69, 9.17) is 11.6 Å². The SMILES string of the molecule is O=C(CCc1cccnc1)NCCC1[C@H]2CN(c3nc(Cl)ncc3F)C[C@@H]12. The number of hydrogen-bond acceptors (Lipinski definition) is 5. The highest BCUT2D eigenvalue weighted by atomic mass is 35.5. The monoisotopic (exact) mass is 389 g/mol. The van der Waals surface area contributed by atoms with E-state index in [9.17, 15) is 9.18 Å². The van der Waals surface area contributed by atoms with Crippen molar-refractivity contribution < 1.29 is 9.18 Å². The van der Waals surface area contributed by atoms with Crippen LogP contribution in [-0.2, 0) is 11.2 Å². The second-order valence-electron chi connectivity index (χ2n) is 7.21. The van der Waals surface area contributed by atoms with E-state index in [-0.39, 0.29) is 11.2 Å². The molecule has 1 N–H and O–H groups in total. The Hall–Kier alpha value is -2.28. The number of anilines is 1. The van der Waals surface area contributed by atoms with Gasteiger partial charge in [-0.15, -0.1) is 0 Å². The van der Waals surface area contributed by atoms with Crippen LogP contribution in [0.25, 0.3) is 0 Å². The topological polar surface area (TPSA) is 71.0 Å². The maximum Gasteiger partial charge on any atom is 0.224 e. The third-order valence-electron chi connectivity index (χ3n) is 5.53. The lowest BCUT2D eigenvalue weighted by atomic mass is 10.1. The van der Waals surface area contributed by atoms with Gasteiger partial charge in [0.25, 0.3) is 0 Å². The number of fused-ring (bicyclic) bond motifs is 1. The summed E-state index contributed by atoms with van der Waals surface area (Å²) < 4.78 is 13.9. The Labute approximate surface area is 162 Å². The summed E-state index contributed by atoms with van der Waals surface area (Å²) in [6, 6.07) is 3.86. The molecule has 0 spiro atoms. The van der Waals surface area contributed by atoms with Crippen LogP contribution in [0.1, 0.15) is 18.4 Å². The molecule has 8 heteroatoms. The van der Waals surface area contributed by atoms with Crippen LogP contribution in [0.5, 0.6) is 0 Å². The number of aryl methyl sites for hydroxylation is 1. The first-order valence-corrected chi connectivity index (χ1v) is 9.58. The van der Waals surface area contributed by atoms with Crippen molar-refractivity contribution in [3.05, 3.63) is 47.4 Å². The summed E-state index contributed by atoms with van der Waals surface area (Å²) in [6.07, 6.45) is 6.78. The number of nitrogens with one attached hydrogen (secondary N) is 1. The lowest BCUT2D eigenvalue weighted by Gasteiger charge is -2.21. The van der Waals surface area contributed by atoms with Crippen molar-refractivity contribution >= 4 is 23.3 Å². The highest BCUT2D eigenvalue weighted by molar-refractivity contribution is 6.28. The number of carbonyl (C=O) groups excluding carboxylic acids is 1. The molecule has 3 heterocycles. The number of hydrogen-bond donors (Lipinski definition) is 1. The van der Waals surface area contributed by atoms with E-state index in [2.05, 4.69) is 20.3 Å². The van der Waals surface area contributed by atoms with E-state index in [1.807, 2.05) is 17.0 Å². The molecule has 27 heavy (non-hydrogen) atoms. The van der Waals surface area contributed by atoms with E-state index in [1.54, 1.807) is 12.4 Å². The highest BCUT2D eigenvalue weighted by Gasteiger charge is 2.55. The van der Waals surface area contributed by atoms with E-state index in [1.165, 1.54) is 0 Å². The van der Waals surface area contributed by atoms with Crippen molar-refractivity contribution in [2.24, 2.45) is 17.8 Å². The standard InChI is InChI=1S/C19H21ClFN5O/c20-19-24-9-16(21)18(25-19)26-10-14-13(15(14)11-26)5-7-23-17(27)4-3-12-2-1-6-22-8-12/h1-2,6,8-9,13-15H,3-5,7,10-11H2,(H,23,27)/t13?,14-,15+. The molecule has 3 atom stereocenters. The third-order valence-corrected chi connectivity index (χ3v) is 5.71. The summed E-state index contributed by atoms with van der Waals surface area (Å²) in [6.45, 7) is 2.26. The highest BCUT2D eigenvalue weighted by Crippen LogP contribution is 2.54. The van der Waals surface area contributed by atoms with Crippen molar-refractivity contribution in [1.29, 1.82) is 0 Å². The molecular formula is C19H21ClFN5O. The van der Waals surface area contributed by atoms with Crippen LogP contribution in [0.2, 0.25) is 5.28 Å². The van der Waals surface area contributed by atoms with E-state index >= 15 is 0 Å². The molecule has 1 aliphatic carbocycles. The first-order valence-electron chi connectivity index (χ1n) is 9.20. The summed E-state index contributed by atoms with van der Waals surface area (Å²) in [4.78, 5) is 25.6. The molecule has 2 aromatic rings. The zero-order chi connectivity index (χ0) is 18.8. The van der Waals surface area contributed by atoms with E-state index in [0.29, 0.717) is 43.0 Å². The van der Waals surface area contributed by atoms with Gasteiger partial charge < -0.3 is 10.2 Å². The second kappa shape index (κ2) is 7.76. The van der Waals surface area contributed by atoms with Crippen LogP contribution in [0.4, 0.5) is 10.2 Å². The summed E-state index contributed by atoms with van der Waals surface area (Å²) in [5.41, 5.74) is 1.07. The zero-order valence-corrected chi connectivity index (χ0v) is 15.6. The van der Waals surface area contributed by atoms with E-state index < -0.39 is 5.82 Å². The molecule has 1 aliphatic heterocycles. The largest absolute Gasteiger partial charge is 0.356 e. The molecular weight excluding hydrogens is 369 g/mol. The molecule has 2 aliphatic rings. The van der Waals surface area contributed by atoms with E-state index in [0.717, 1.165) is 31.3 Å².